The molecule has 2 aromatic rings. The molecule has 1 atom stereocenters. The van der Waals surface area contributed by atoms with Crippen LogP contribution in [0.5, 0.6) is 0 Å². The van der Waals surface area contributed by atoms with Crippen LogP contribution in [0.3, 0.4) is 0 Å². The Bertz CT molecular complexity index is 687. The largest absolute Gasteiger partial charge is 0.624 e. The number of nitrogens with zero attached hydrogens (tertiary/aromatic N) is 1. The summed E-state index contributed by atoms with van der Waals surface area (Å²) in [6.45, 7) is 0.543. The Balaban J connectivity index is 2.01. The minimum atomic E-state index is 0.229. The molecule has 0 spiro atoms. The van der Waals surface area contributed by atoms with Crippen LogP contribution in [-0.4, -0.2) is 17.5 Å². The number of hydrogen-bond donors (Lipinski definition) is 0. The van der Waals surface area contributed by atoms with Gasteiger partial charge in [-0.3, -0.25) is 0 Å². The van der Waals surface area contributed by atoms with Crippen LogP contribution in [0.2, 0.25) is 0 Å². The van der Waals surface area contributed by atoms with E-state index in [-0.39, 0.29) is 5.92 Å². The van der Waals surface area contributed by atoms with Crippen LogP contribution in [0.25, 0.3) is 0 Å². The fourth-order valence-electron chi connectivity index (χ4n) is 3.49. The van der Waals surface area contributed by atoms with Crippen LogP contribution in [0, 0.1) is 5.21 Å². The van der Waals surface area contributed by atoms with Crippen LogP contribution < -0.4 is 0 Å². The van der Waals surface area contributed by atoms with Gasteiger partial charge in [-0.25, -0.2) is 4.74 Å². The first-order valence-corrected chi connectivity index (χ1v) is 6.81. The summed E-state index contributed by atoms with van der Waals surface area (Å²) in [4.78, 5) is 0. The van der Waals surface area contributed by atoms with Crippen molar-refractivity contribution in [2.24, 2.45) is 0 Å². The van der Waals surface area contributed by atoms with Crippen molar-refractivity contribution in [3.63, 3.8) is 0 Å². The first-order chi connectivity index (χ1) is 9.33. The van der Waals surface area contributed by atoms with E-state index in [1.165, 1.54) is 22.3 Å². The van der Waals surface area contributed by atoms with Crippen molar-refractivity contribution in [2.45, 2.75) is 18.8 Å². The highest BCUT2D eigenvalue weighted by Crippen LogP contribution is 2.37. The third-order valence-corrected chi connectivity index (χ3v) is 4.32. The van der Waals surface area contributed by atoms with Gasteiger partial charge in [-0.1, -0.05) is 36.4 Å². The number of fused-ring (bicyclic) bond motifs is 2. The second-order valence-electron chi connectivity index (χ2n) is 5.40. The van der Waals surface area contributed by atoms with Gasteiger partial charge < -0.3 is 5.21 Å². The van der Waals surface area contributed by atoms with Crippen molar-refractivity contribution in [3.8, 4) is 0 Å². The highest BCUT2D eigenvalue weighted by atomic mass is 16.5. The lowest BCUT2D eigenvalue weighted by atomic mass is 9.84. The molecular weight excluding hydrogens is 234 g/mol. The monoisotopic (exact) mass is 249 g/mol. The summed E-state index contributed by atoms with van der Waals surface area (Å²) in [5.41, 5.74) is 6.61. The predicted molar refractivity (Wildman–Crippen MR) is 75.8 cm³/mol. The molecule has 19 heavy (non-hydrogen) atoms. The minimum Gasteiger partial charge on any atom is -0.624 e. The molecule has 2 nitrogen and oxygen atoms in total. The molecule has 0 aromatic heterocycles. The maximum absolute atomic E-state index is 11.9. The Kier molecular flexibility index (Phi) is 2.25. The second kappa shape index (κ2) is 3.95. The first kappa shape index (κ1) is 10.8. The molecular formula is C17H15NO. The van der Waals surface area contributed by atoms with Crippen molar-refractivity contribution in [2.75, 3.05) is 6.54 Å². The van der Waals surface area contributed by atoms with E-state index in [1.54, 1.807) is 6.21 Å². The van der Waals surface area contributed by atoms with E-state index >= 15 is 0 Å². The molecule has 0 radical (unpaired) electrons. The SMILES string of the molecule is [O-][N+]1=Cc2cccc3c2C(C1)c1ccccc1CC3. The summed E-state index contributed by atoms with van der Waals surface area (Å²) in [5.74, 6) is 0.229. The molecule has 0 amide bonds. The van der Waals surface area contributed by atoms with Crippen molar-refractivity contribution in [1.29, 1.82) is 0 Å². The smallest absolute Gasteiger partial charge is 0.182 e. The van der Waals surface area contributed by atoms with Gasteiger partial charge in [0.25, 0.3) is 0 Å². The molecule has 0 saturated carbocycles. The zero-order chi connectivity index (χ0) is 12.8. The quantitative estimate of drug-likeness (QED) is 0.521. The van der Waals surface area contributed by atoms with E-state index < -0.39 is 0 Å². The molecule has 4 rings (SSSR count). The number of hydrogen-bond acceptors (Lipinski definition) is 1. The molecule has 1 heterocycles. The molecule has 2 aliphatic rings. The van der Waals surface area contributed by atoms with Gasteiger partial charge in [0.2, 0.25) is 0 Å². The Morgan fingerprint density at radius 3 is 2.68 bits per heavy atom. The molecule has 1 aliphatic carbocycles. The molecule has 0 N–H and O–H groups in total. The van der Waals surface area contributed by atoms with Crippen molar-refractivity contribution in [1.82, 2.24) is 0 Å². The maximum Gasteiger partial charge on any atom is 0.182 e. The van der Waals surface area contributed by atoms with Crippen LogP contribution in [0.15, 0.2) is 42.5 Å². The molecule has 0 bridgehead atoms. The highest BCUT2D eigenvalue weighted by molar-refractivity contribution is 5.81. The van der Waals surface area contributed by atoms with Crippen LogP contribution in [-0.2, 0) is 12.8 Å². The van der Waals surface area contributed by atoms with E-state index in [9.17, 15) is 5.21 Å². The summed E-state index contributed by atoms with van der Waals surface area (Å²) < 4.78 is 1.08. The standard InChI is InChI=1S/C17H15NO/c19-18-10-14-6-3-5-13-9-8-12-4-1-2-7-15(12)16(11-18)17(13)14/h1-7,10,16H,8-9,11H2. The zero-order valence-electron chi connectivity index (χ0n) is 10.7. The molecule has 94 valence electrons. The van der Waals surface area contributed by atoms with Crippen LogP contribution in [0.1, 0.15) is 33.7 Å². The molecule has 1 unspecified atom stereocenters. The van der Waals surface area contributed by atoms with Crippen LogP contribution in [0.4, 0.5) is 0 Å². The fraction of sp³-hybridized carbons (Fsp3) is 0.235. The van der Waals surface area contributed by atoms with E-state index in [4.69, 9.17) is 0 Å². The van der Waals surface area contributed by atoms with Gasteiger partial charge in [0.1, 0.15) is 0 Å². The number of hydroxylamine groups is 1. The van der Waals surface area contributed by atoms with Crippen molar-refractivity contribution in [3.05, 3.63) is 75.5 Å². The van der Waals surface area contributed by atoms with Gasteiger partial charge in [0.05, 0.1) is 5.92 Å². The van der Waals surface area contributed by atoms with Gasteiger partial charge in [-0.15, -0.1) is 0 Å². The number of rotatable bonds is 0. The van der Waals surface area contributed by atoms with Gasteiger partial charge in [-0.2, -0.15) is 0 Å². The van der Waals surface area contributed by atoms with Gasteiger partial charge in [0.15, 0.2) is 12.8 Å². The zero-order valence-corrected chi connectivity index (χ0v) is 10.7. The fourth-order valence-corrected chi connectivity index (χ4v) is 3.49. The second-order valence-corrected chi connectivity index (χ2v) is 5.40. The summed E-state index contributed by atoms with van der Waals surface area (Å²) in [6.07, 6.45) is 3.88. The normalized spacial score (nSPS) is 20.0. The van der Waals surface area contributed by atoms with Gasteiger partial charge >= 0.3 is 0 Å². The Morgan fingerprint density at radius 1 is 0.947 bits per heavy atom. The van der Waals surface area contributed by atoms with E-state index in [0.717, 1.165) is 23.1 Å². The average molecular weight is 249 g/mol. The third-order valence-electron chi connectivity index (χ3n) is 4.32. The number of benzene rings is 2. The lowest BCUT2D eigenvalue weighted by molar-refractivity contribution is -0.456. The number of aryl methyl sites for hydroxylation is 2. The topological polar surface area (TPSA) is 26.1 Å². The van der Waals surface area contributed by atoms with Crippen LogP contribution >= 0.6 is 0 Å². The molecule has 1 aliphatic heterocycles. The maximum atomic E-state index is 11.9. The molecule has 2 aromatic carbocycles. The molecule has 2 heteroatoms. The minimum absolute atomic E-state index is 0.229. The summed E-state index contributed by atoms with van der Waals surface area (Å²) in [5, 5.41) is 11.9. The lowest BCUT2D eigenvalue weighted by Crippen LogP contribution is -2.24. The van der Waals surface area contributed by atoms with E-state index in [2.05, 4.69) is 42.5 Å². The van der Waals surface area contributed by atoms with E-state index in [1.807, 2.05) is 0 Å². The first-order valence-electron chi connectivity index (χ1n) is 6.81. The predicted octanol–water partition coefficient (Wildman–Crippen LogP) is 2.86. The lowest BCUT2D eigenvalue weighted by Gasteiger charge is -2.24. The van der Waals surface area contributed by atoms with Gasteiger partial charge in [0, 0.05) is 5.56 Å². The molecule has 0 fully saturated rings. The molecule has 0 saturated heterocycles. The summed E-state index contributed by atoms with van der Waals surface area (Å²) in [6, 6.07) is 14.9. The Labute approximate surface area is 112 Å². The summed E-state index contributed by atoms with van der Waals surface area (Å²) >= 11 is 0. The Hall–Kier alpha value is -2.09. The summed E-state index contributed by atoms with van der Waals surface area (Å²) in [7, 11) is 0. The van der Waals surface area contributed by atoms with E-state index in [0.29, 0.717) is 6.54 Å². The van der Waals surface area contributed by atoms with Crippen molar-refractivity contribution >= 4 is 6.21 Å². The third kappa shape index (κ3) is 1.60. The Morgan fingerprint density at radius 2 is 1.74 bits per heavy atom. The van der Waals surface area contributed by atoms with Gasteiger partial charge in [-0.05, 0) is 41.2 Å². The average Bonchev–Trinajstić information content (AvgIpc) is 2.59. The van der Waals surface area contributed by atoms with Crippen molar-refractivity contribution < 1.29 is 4.74 Å². The highest BCUT2D eigenvalue weighted by Gasteiger charge is 2.31.